The van der Waals surface area contributed by atoms with Crippen LogP contribution in [0.1, 0.15) is 67.3 Å². The molecule has 6 nitrogen and oxygen atoms in total. The van der Waals surface area contributed by atoms with Gasteiger partial charge in [0.25, 0.3) is 5.91 Å². The Hall–Kier alpha value is -2.37. The van der Waals surface area contributed by atoms with E-state index in [4.69, 9.17) is 0 Å². The van der Waals surface area contributed by atoms with Crippen molar-refractivity contribution in [2.24, 2.45) is 0 Å². The quantitative estimate of drug-likeness (QED) is 0.800. The van der Waals surface area contributed by atoms with Gasteiger partial charge in [-0.2, -0.15) is 0 Å². The van der Waals surface area contributed by atoms with E-state index in [0.29, 0.717) is 24.9 Å². The van der Waals surface area contributed by atoms with E-state index in [0.717, 1.165) is 31.2 Å². The van der Waals surface area contributed by atoms with Gasteiger partial charge in [0.05, 0.1) is 0 Å². The molecule has 1 N–H and O–H groups in total. The first-order chi connectivity index (χ1) is 14.0. The highest BCUT2D eigenvalue weighted by Crippen LogP contribution is 2.22. The van der Waals surface area contributed by atoms with E-state index in [9.17, 15) is 14.4 Å². The van der Waals surface area contributed by atoms with E-state index >= 15 is 0 Å². The Bertz CT molecular complexity index is 723. The fourth-order valence-corrected chi connectivity index (χ4v) is 4.35. The lowest BCUT2D eigenvalue weighted by Gasteiger charge is -2.28. The summed E-state index contributed by atoms with van der Waals surface area (Å²) in [6.07, 6.45) is 8.36. The summed E-state index contributed by atoms with van der Waals surface area (Å²) in [6.45, 7) is 0.665. The second-order valence-corrected chi connectivity index (χ2v) is 8.49. The van der Waals surface area contributed by atoms with Gasteiger partial charge in [-0.25, -0.2) is 0 Å². The molecule has 0 radical (unpaired) electrons. The number of aryl methyl sites for hydroxylation is 1. The number of carbonyl (C=O) groups is 3. The molecular formula is C23H33N3O3. The van der Waals surface area contributed by atoms with Crippen molar-refractivity contribution in [2.75, 3.05) is 20.6 Å². The summed E-state index contributed by atoms with van der Waals surface area (Å²) >= 11 is 0. The Balaban J connectivity index is 1.51. The molecule has 2 fully saturated rings. The minimum atomic E-state index is -0.315. The molecule has 0 bridgehead atoms. The molecule has 29 heavy (non-hydrogen) atoms. The number of carbonyl (C=O) groups excluding carboxylic acids is 3. The SMILES string of the molecule is CN(C)C(=O)c1ccc(CCC(=O)N2CCC[C@H]2C(=O)NC2CCCCC2)cc1. The molecule has 1 aromatic rings. The Morgan fingerprint density at radius 3 is 2.34 bits per heavy atom. The van der Waals surface area contributed by atoms with Crippen molar-refractivity contribution in [1.29, 1.82) is 0 Å². The van der Waals surface area contributed by atoms with E-state index in [2.05, 4.69) is 5.32 Å². The molecule has 3 rings (SSSR count). The van der Waals surface area contributed by atoms with E-state index < -0.39 is 0 Å². The summed E-state index contributed by atoms with van der Waals surface area (Å²) in [5.74, 6) is 0.0329. The van der Waals surface area contributed by atoms with Crippen LogP contribution in [0.2, 0.25) is 0 Å². The number of rotatable bonds is 6. The van der Waals surface area contributed by atoms with Gasteiger partial charge in [0, 0.05) is 38.7 Å². The molecule has 1 aromatic carbocycles. The van der Waals surface area contributed by atoms with Crippen molar-refractivity contribution in [1.82, 2.24) is 15.1 Å². The maximum atomic E-state index is 12.8. The van der Waals surface area contributed by atoms with Crippen molar-refractivity contribution >= 4 is 17.7 Å². The summed E-state index contributed by atoms with van der Waals surface area (Å²) in [6, 6.07) is 7.38. The molecule has 0 spiro atoms. The molecule has 1 saturated carbocycles. The van der Waals surface area contributed by atoms with Crippen LogP contribution in [0.5, 0.6) is 0 Å². The molecule has 6 heteroatoms. The summed E-state index contributed by atoms with van der Waals surface area (Å²) in [5.41, 5.74) is 1.67. The van der Waals surface area contributed by atoms with Gasteiger partial charge in [-0.05, 0) is 49.8 Å². The fraction of sp³-hybridized carbons (Fsp3) is 0.609. The highest BCUT2D eigenvalue weighted by Gasteiger charge is 2.34. The molecule has 1 aliphatic carbocycles. The number of amides is 3. The summed E-state index contributed by atoms with van der Waals surface area (Å²) in [5, 5.41) is 3.18. The molecule has 1 aliphatic heterocycles. The van der Waals surface area contributed by atoms with E-state index in [1.54, 1.807) is 36.0 Å². The fourth-order valence-electron chi connectivity index (χ4n) is 4.35. The van der Waals surface area contributed by atoms with Crippen LogP contribution in [0, 0.1) is 0 Å². The van der Waals surface area contributed by atoms with Gasteiger partial charge in [0.2, 0.25) is 11.8 Å². The van der Waals surface area contributed by atoms with Crippen LogP contribution in [0.3, 0.4) is 0 Å². The zero-order valence-corrected chi connectivity index (χ0v) is 17.7. The van der Waals surface area contributed by atoms with Gasteiger partial charge < -0.3 is 15.1 Å². The minimum absolute atomic E-state index is 0.0225. The predicted molar refractivity (Wildman–Crippen MR) is 113 cm³/mol. The number of nitrogens with zero attached hydrogens (tertiary/aromatic N) is 2. The van der Waals surface area contributed by atoms with Crippen LogP contribution < -0.4 is 5.32 Å². The maximum absolute atomic E-state index is 12.8. The summed E-state index contributed by atoms with van der Waals surface area (Å²) in [7, 11) is 3.46. The Morgan fingerprint density at radius 1 is 1.00 bits per heavy atom. The van der Waals surface area contributed by atoms with Gasteiger partial charge >= 0.3 is 0 Å². The smallest absolute Gasteiger partial charge is 0.253 e. The molecule has 2 aliphatic rings. The van der Waals surface area contributed by atoms with Crippen LogP contribution in [-0.4, -0.2) is 60.2 Å². The number of likely N-dealkylation sites (tertiary alicyclic amines) is 1. The molecule has 1 saturated heterocycles. The molecule has 0 aromatic heterocycles. The first kappa shape index (κ1) is 21.3. The standard InChI is InChI=1S/C23H33N3O3/c1-25(2)23(29)18-13-10-17(11-14-18)12-15-21(27)26-16-6-9-20(26)22(28)24-19-7-4-3-5-8-19/h10-11,13-14,19-20H,3-9,12,15-16H2,1-2H3,(H,24,28)/t20-/m0/s1. The third-order valence-corrected chi connectivity index (χ3v) is 6.06. The predicted octanol–water partition coefficient (Wildman–Crippen LogP) is 2.76. The first-order valence-electron chi connectivity index (χ1n) is 10.9. The first-order valence-corrected chi connectivity index (χ1v) is 10.9. The number of benzene rings is 1. The third-order valence-electron chi connectivity index (χ3n) is 6.06. The van der Waals surface area contributed by atoms with E-state index in [1.807, 2.05) is 12.1 Å². The van der Waals surface area contributed by atoms with Crippen LogP contribution in [0.4, 0.5) is 0 Å². The lowest BCUT2D eigenvalue weighted by molar-refractivity contribution is -0.138. The highest BCUT2D eigenvalue weighted by atomic mass is 16.2. The van der Waals surface area contributed by atoms with Crippen molar-refractivity contribution < 1.29 is 14.4 Å². The van der Waals surface area contributed by atoms with Gasteiger partial charge in [-0.15, -0.1) is 0 Å². The van der Waals surface area contributed by atoms with Crippen molar-refractivity contribution in [3.05, 3.63) is 35.4 Å². The van der Waals surface area contributed by atoms with Crippen LogP contribution in [0.15, 0.2) is 24.3 Å². The zero-order chi connectivity index (χ0) is 20.8. The Kier molecular flexibility index (Phi) is 7.29. The lowest BCUT2D eigenvalue weighted by Crippen LogP contribution is -2.49. The summed E-state index contributed by atoms with van der Waals surface area (Å²) < 4.78 is 0. The molecule has 1 atom stereocenters. The molecule has 1 heterocycles. The van der Waals surface area contributed by atoms with Crippen LogP contribution >= 0.6 is 0 Å². The molecule has 158 valence electrons. The second kappa shape index (κ2) is 9.90. The molecule has 0 unspecified atom stereocenters. The summed E-state index contributed by atoms with van der Waals surface area (Å²) in [4.78, 5) is 40.8. The molecular weight excluding hydrogens is 366 g/mol. The number of nitrogens with one attached hydrogen (secondary N) is 1. The average Bonchev–Trinajstić information content (AvgIpc) is 3.23. The topological polar surface area (TPSA) is 69.7 Å². The monoisotopic (exact) mass is 399 g/mol. The van der Waals surface area contributed by atoms with Crippen LogP contribution in [0.25, 0.3) is 0 Å². The van der Waals surface area contributed by atoms with Crippen molar-refractivity contribution in [3.63, 3.8) is 0 Å². The number of hydrogen-bond donors (Lipinski definition) is 1. The second-order valence-electron chi connectivity index (χ2n) is 8.49. The third kappa shape index (κ3) is 5.58. The lowest BCUT2D eigenvalue weighted by atomic mass is 9.95. The number of hydrogen-bond acceptors (Lipinski definition) is 3. The minimum Gasteiger partial charge on any atom is -0.352 e. The normalized spacial score (nSPS) is 19.8. The van der Waals surface area contributed by atoms with Gasteiger partial charge in [0.1, 0.15) is 6.04 Å². The van der Waals surface area contributed by atoms with Crippen molar-refractivity contribution in [3.8, 4) is 0 Å². The average molecular weight is 400 g/mol. The maximum Gasteiger partial charge on any atom is 0.253 e. The van der Waals surface area contributed by atoms with E-state index in [-0.39, 0.29) is 29.8 Å². The largest absolute Gasteiger partial charge is 0.352 e. The molecule has 3 amide bonds. The Morgan fingerprint density at radius 2 is 1.69 bits per heavy atom. The van der Waals surface area contributed by atoms with Crippen molar-refractivity contribution in [2.45, 2.75) is 69.9 Å². The van der Waals surface area contributed by atoms with Crippen LogP contribution in [-0.2, 0) is 16.0 Å². The van der Waals surface area contributed by atoms with E-state index in [1.165, 1.54) is 19.3 Å². The van der Waals surface area contributed by atoms with Gasteiger partial charge in [0.15, 0.2) is 0 Å². The highest BCUT2D eigenvalue weighted by molar-refractivity contribution is 5.93. The Labute approximate surface area is 173 Å². The van der Waals surface area contributed by atoms with Gasteiger partial charge in [-0.3, -0.25) is 14.4 Å². The zero-order valence-electron chi connectivity index (χ0n) is 17.7. The van der Waals surface area contributed by atoms with Gasteiger partial charge in [-0.1, -0.05) is 31.4 Å².